The van der Waals surface area contributed by atoms with Gasteiger partial charge in [-0.3, -0.25) is 9.59 Å². The highest BCUT2D eigenvalue weighted by atomic mass is 16.3. The van der Waals surface area contributed by atoms with E-state index in [0.717, 1.165) is 25.7 Å². The standard InChI is InChI=1S/C13H22N2O3/c16-11-6-8-15(9-11)12(17)5-7-14-13(18)10-3-1-2-4-10/h10-11,16H,1-9H2,(H,14,18)/t11-/m0/s1. The van der Waals surface area contributed by atoms with E-state index in [1.54, 1.807) is 4.90 Å². The van der Waals surface area contributed by atoms with E-state index in [2.05, 4.69) is 5.32 Å². The van der Waals surface area contributed by atoms with Crippen molar-refractivity contribution in [2.75, 3.05) is 19.6 Å². The summed E-state index contributed by atoms with van der Waals surface area (Å²) in [7, 11) is 0. The highest BCUT2D eigenvalue weighted by Crippen LogP contribution is 2.24. The van der Waals surface area contributed by atoms with E-state index in [0.29, 0.717) is 32.5 Å². The number of likely N-dealkylation sites (tertiary alicyclic amines) is 1. The molecule has 2 aliphatic rings. The van der Waals surface area contributed by atoms with E-state index >= 15 is 0 Å². The molecule has 1 aliphatic heterocycles. The second-order valence-corrected chi connectivity index (χ2v) is 5.30. The Bertz CT molecular complexity index is 313. The van der Waals surface area contributed by atoms with Crippen LogP contribution < -0.4 is 5.32 Å². The quantitative estimate of drug-likeness (QED) is 0.757. The summed E-state index contributed by atoms with van der Waals surface area (Å²) >= 11 is 0. The van der Waals surface area contributed by atoms with Gasteiger partial charge in [0.15, 0.2) is 0 Å². The summed E-state index contributed by atoms with van der Waals surface area (Å²) < 4.78 is 0. The van der Waals surface area contributed by atoms with Crippen molar-refractivity contribution in [2.45, 2.75) is 44.6 Å². The van der Waals surface area contributed by atoms with Crippen molar-refractivity contribution >= 4 is 11.8 Å². The molecule has 1 atom stereocenters. The van der Waals surface area contributed by atoms with Crippen LogP contribution in [0.5, 0.6) is 0 Å². The third kappa shape index (κ3) is 3.45. The maximum absolute atomic E-state index is 11.8. The van der Waals surface area contributed by atoms with Gasteiger partial charge in [0.05, 0.1) is 6.10 Å². The van der Waals surface area contributed by atoms with Crippen molar-refractivity contribution in [3.8, 4) is 0 Å². The van der Waals surface area contributed by atoms with E-state index in [1.165, 1.54) is 0 Å². The van der Waals surface area contributed by atoms with Crippen LogP contribution in [0, 0.1) is 5.92 Å². The van der Waals surface area contributed by atoms with E-state index in [-0.39, 0.29) is 23.8 Å². The summed E-state index contributed by atoms with van der Waals surface area (Å²) in [5.41, 5.74) is 0. The van der Waals surface area contributed by atoms with Gasteiger partial charge in [-0.1, -0.05) is 12.8 Å². The lowest BCUT2D eigenvalue weighted by Crippen LogP contribution is -2.35. The Morgan fingerprint density at radius 2 is 1.94 bits per heavy atom. The zero-order valence-corrected chi connectivity index (χ0v) is 10.7. The van der Waals surface area contributed by atoms with E-state index < -0.39 is 0 Å². The first-order chi connectivity index (χ1) is 8.66. The number of amides is 2. The molecule has 2 fully saturated rings. The number of carbonyl (C=O) groups is 2. The Balaban J connectivity index is 1.62. The first kappa shape index (κ1) is 13.3. The smallest absolute Gasteiger partial charge is 0.224 e. The Morgan fingerprint density at radius 1 is 1.22 bits per heavy atom. The van der Waals surface area contributed by atoms with Gasteiger partial charge in [0.2, 0.25) is 11.8 Å². The minimum Gasteiger partial charge on any atom is -0.391 e. The number of rotatable bonds is 4. The first-order valence-corrected chi connectivity index (χ1v) is 6.90. The molecule has 0 bridgehead atoms. The number of nitrogens with zero attached hydrogens (tertiary/aromatic N) is 1. The molecule has 1 saturated carbocycles. The average molecular weight is 254 g/mol. The number of β-amino-alcohol motifs (C(OH)–C–C–N with tert-alkyl or cyclic N) is 1. The number of hydrogen-bond donors (Lipinski definition) is 2. The second-order valence-electron chi connectivity index (χ2n) is 5.30. The van der Waals surface area contributed by atoms with Crippen LogP contribution >= 0.6 is 0 Å². The monoisotopic (exact) mass is 254 g/mol. The Labute approximate surface area is 108 Å². The molecule has 2 rings (SSSR count). The predicted octanol–water partition coefficient (Wildman–Crippen LogP) is 0.276. The van der Waals surface area contributed by atoms with Crippen molar-refractivity contribution < 1.29 is 14.7 Å². The topological polar surface area (TPSA) is 69.6 Å². The van der Waals surface area contributed by atoms with Gasteiger partial charge in [-0.2, -0.15) is 0 Å². The molecule has 5 nitrogen and oxygen atoms in total. The van der Waals surface area contributed by atoms with Crippen LogP contribution in [-0.4, -0.2) is 47.6 Å². The number of aliphatic hydroxyl groups excluding tert-OH is 1. The minimum absolute atomic E-state index is 0.0262. The van der Waals surface area contributed by atoms with Crippen LogP contribution in [-0.2, 0) is 9.59 Å². The van der Waals surface area contributed by atoms with E-state index in [4.69, 9.17) is 0 Å². The molecule has 1 heterocycles. The molecule has 0 aromatic heterocycles. The summed E-state index contributed by atoms with van der Waals surface area (Å²) in [5.74, 6) is 0.286. The van der Waals surface area contributed by atoms with Gasteiger partial charge in [0.1, 0.15) is 0 Å². The first-order valence-electron chi connectivity index (χ1n) is 6.90. The normalized spacial score (nSPS) is 24.5. The van der Waals surface area contributed by atoms with Gasteiger partial charge in [-0.25, -0.2) is 0 Å². The Morgan fingerprint density at radius 3 is 2.56 bits per heavy atom. The van der Waals surface area contributed by atoms with Gasteiger partial charge in [0.25, 0.3) is 0 Å². The third-order valence-electron chi connectivity index (χ3n) is 3.88. The Kier molecular flexibility index (Phi) is 4.58. The van der Waals surface area contributed by atoms with Crippen molar-refractivity contribution in [1.29, 1.82) is 0 Å². The van der Waals surface area contributed by atoms with Crippen LogP contribution in [0.4, 0.5) is 0 Å². The molecule has 0 unspecified atom stereocenters. The lowest BCUT2D eigenvalue weighted by molar-refractivity contribution is -0.130. The summed E-state index contributed by atoms with van der Waals surface area (Å²) in [5, 5.41) is 12.2. The molecule has 1 aliphatic carbocycles. The summed E-state index contributed by atoms with van der Waals surface area (Å²) in [6.45, 7) is 1.49. The van der Waals surface area contributed by atoms with Crippen LogP contribution in [0.2, 0.25) is 0 Å². The molecule has 1 saturated heterocycles. The summed E-state index contributed by atoms with van der Waals surface area (Å²) in [6.07, 6.45) is 4.88. The molecule has 0 aromatic rings. The van der Waals surface area contributed by atoms with E-state index in [1.807, 2.05) is 0 Å². The molecule has 0 aromatic carbocycles. The van der Waals surface area contributed by atoms with E-state index in [9.17, 15) is 14.7 Å². The predicted molar refractivity (Wildman–Crippen MR) is 66.8 cm³/mol. The van der Waals surface area contributed by atoms with Crippen molar-refractivity contribution in [3.63, 3.8) is 0 Å². The highest BCUT2D eigenvalue weighted by molar-refractivity contribution is 5.80. The van der Waals surface area contributed by atoms with Crippen LogP contribution in [0.25, 0.3) is 0 Å². The third-order valence-corrected chi connectivity index (χ3v) is 3.88. The van der Waals surface area contributed by atoms with Crippen molar-refractivity contribution in [2.24, 2.45) is 5.92 Å². The van der Waals surface area contributed by atoms with Gasteiger partial charge >= 0.3 is 0 Å². The maximum Gasteiger partial charge on any atom is 0.224 e. The van der Waals surface area contributed by atoms with Crippen LogP contribution in [0.3, 0.4) is 0 Å². The molecule has 2 N–H and O–H groups in total. The molecule has 102 valence electrons. The lowest BCUT2D eigenvalue weighted by atomic mass is 10.1. The summed E-state index contributed by atoms with van der Waals surface area (Å²) in [4.78, 5) is 25.2. The maximum atomic E-state index is 11.8. The Hall–Kier alpha value is -1.10. The molecule has 2 amide bonds. The SMILES string of the molecule is O=C(NCCC(=O)N1CC[C@H](O)C1)C1CCCC1. The largest absolute Gasteiger partial charge is 0.391 e. The number of carbonyl (C=O) groups excluding carboxylic acids is 2. The van der Waals surface area contributed by atoms with Gasteiger partial charge in [-0.15, -0.1) is 0 Å². The molecular formula is C13H22N2O3. The molecule has 0 spiro atoms. The number of aliphatic hydroxyl groups is 1. The minimum atomic E-state index is -0.373. The number of nitrogens with one attached hydrogen (secondary N) is 1. The fourth-order valence-electron chi connectivity index (χ4n) is 2.75. The number of hydrogen-bond acceptors (Lipinski definition) is 3. The molecular weight excluding hydrogens is 232 g/mol. The zero-order chi connectivity index (χ0) is 13.0. The fraction of sp³-hybridized carbons (Fsp3) is 0.846. The van der Waals surface area contributed by atoms with Crippen LogP contribution in [0.15, 0.2) is 0 Å². The van der Waals surface area contributed by atoms with Gasteiger partial charge in [-0.05, 0) is 19.3 Å². The average Bonchev–Trinajstić information content (AvgIpc) is 2.99. The molecule has 5 heteroatoms. The highest BCUT2D eigenvalue weighted by Gasteiger charge is 2.25. The lowest BCUT2D eigenvalue weighted by Gasteiger charge is -2.16. The van der Waals surface area contributed by atoms with Crippen molar-refractivity contribution in [1.82, 2.24) is 10.2 Å². The molecule has 0 radical (unpaired) electrons. The second kappa shape index (κ2) is 6.18. The summed E-state index contributed by atoms with van der Waals surface area (Å²) in [6, 6.07) is 0. The van der Waals surface area contributed by atoms with Crippen molar-refractivity contribution in [3.05, 3.63) is 0 Å². The molecule has 18 heavy (non-hydrogen) atoms. The zero-order valence-electron chi connectivity index (χ0n) is 10.7. The van der Waals surface area contributed by atoms with Gasteiger partial charge in [0, 0.05) is 32.0 Å². The van der Waals surface area contributed by atoms with Crippen LogP contribution in [0.1, 0.15) is 38.5 Å². The van der Waals surface area contributed by atoms with Gasteiger partial charge < -0.3 is 15.3 Å². The fourth-order valence-corrected chi connectivity index (χ4v) is 2.75.